The number of halogens is 1. The van der Waals surface area contributed by atoms with Crippen LogP contribution < -0.4 is 0 Å². The fraction of sp³-hybridized carbons (Fsp3) is 0.474. The minimum absolute atomic E-state index is 0.0650. The Kier molecular flexibility index (Phi) is 6.44. The highest BCUT2D eigenvalue weighted by Gasteiger charge is 2.31. The summed E-state index contributed by atoms with van der Waals surface area (Å²) in [5.41, 5.74) is 0.750. The number of nitrogens with zero attached hydrogens (tertiary/aromatic N) is 3. The third kappa shape index (κ3) is 4.56. The number of sulfonamides is 1. The molecule has 0 saturated carbocycles. The van der Waals surface area contributed by atoms with E-state index in [-0.39, 0.29) is 23.9 Å². The lowest BCUT2D eigenvalue weighted by Crippen LogP contribution is -2.50. The van der Waals surface area contributed by atoms with Crippen molar-refractivity contribution in [2.24, 2.45) is 5.92 Å². The first kappa shape index (κ1) is 21.2. The Balaban J connectivity index is 1.68. The van der Waals surface area contributed by atoms with Gasteiger partial charge in [0.25, 0.3) is 5.91 Å². The third-order valence-electron chi connectivity index (χ3n) is 4.58. The molecule has 1 saturated heterocycles. The fourth-order valence-corrected chi connectivity index (χ4v) is 6.11. The Morgan fingerprint density at radius 1 is 1.25 bits per heavy atom. The van der Waals surface area contributed by atoms with Crippen LogP contribution in [0.25, 0.3) is 0 Å². The van der Waals surface area contributed by atoms with Crippen LogP contribution in [0.4, 0.5) is 0 Å². The van der Waals surface area contributed by atoms with Gasteiger partial charge in [-0.1, -0.05) is 31.5 Å². The van der Waals surface area contributed by atoms with Crippen molar-refractivity contribution >= 4 is 38.9 Å². The van der Waals surface area contributed by atoms with Crippen LogP contribution in [0, 0.1) is 12.8 Å². The van der Waals surface area contributed by atoms with E-state index in [1.165, 1.54) is 27.8 Å². The number of aromatic nitrogens is 1. The Labute approximate surface area is 175 Å². The van der Waals surface area contributed by atoms with E-state index in [1.807, 2.05) is 6.92 Å². The lowest BCUT2D eigenvalue weighted by atomic mass is 10.1. The summed E-state index contributed by atoms with van der Waals surface area (Å²) in [6.07, 6.45) is 0.852. The average molecular weight is 442 g/mol. The summed E-state index contributed by atoms with van der Waals surface area (Å²) in [6.45, 7) is 7.34. The second kappa shape index (κ2) is 8.49. The standard InChI is InChI=1S/C19H24ClN3O3S2/c1-13(2)11-17-21-14(3)18(27-17)19(24)22-7-9-23(10-8-22)28(25,26)16-6-4-5-15(20)12-16/h4-6,12-13H,7-11H2,1-3H3. The van der Waals surface area contributed by atoms with Crippen LogP contribution in [0.1, 0.15) is 34.2 Å². The molecular weight excluding hydrogens is 418 g/mol. The maximum atomic E-state index is 12.9. The molecule has 6 nitrogen and oxygen atoms in total. The summed E-state index contributed by atoms with van der Waals surface area (Å²) in [4.78, 5) is 20.0. The van der Waals surface area contributed by atoms with E-state index in [4.69, 9.17) is 11.6 Å². The lowest BCUT2D eigenvalue weighted by molar-refractivity contribution is 0.0702. The van der Waals surface area contributed by atoms with E-state index in [9.17, 15) is 13.2 Å². The molecule has 152 valence electrons. The molecule has 1 aromatic heterocycles. The number of amides is 1. The zero-order valence-corrected chi connectivity index (χ0v) is 18.6. The summed E-state index contributed by atoms with van der Waals surface area (Å²) < 4.78 is 27.0. The van der Waals surface area contributed by atoms with Crippen LogP contribution in [0.5, 0.6) is 0 Å². The first-order chi connectivity index (χ1) is 13.2. The Morgan fingerprint density at radius 2 is 1.93 bits per heavy atom. The highest BCUT2D eigenvalue weighted by Crippen LogP contribution is 2.25. The highest BCUT2D eigenvalue weighted by molar-refractivity contribution is 7.89. The number of hydrogen-bond donors (Lipinski definition) is 0. The third-order valence-corrected chi connectivity index (χ3v) is 7.88. The van der Waals surface area contributed by atoms with Gasteiger partial charge in [0.1, 0.15) is 4.88 Å². The van der Waals surface area contributed by atoms with Gasteiger partial charge in [-0.2, -0.15) is 4.31 Å². The molecule has 0 aliphatic carbocycles. The predicted molar refractivity (Wildman–Crippen MR) is 112 cm³/mol. The molecule has 0 unspecified atom stereocenters. The average Bonchev–Trinajstić information content (AvgIpc) is 3.00. The van der Waals surface area contributed by atoms with Crippen molar-refractivity contribution in [2.45, 2.75) is 32.1 Å². The molecule has 2 aromatic rings. The molecule has 3 rings (SSSR count). The van der Waals surface area contributed by atoms with Gasteiger partial charge < -0.3 is 4.90 Å². The van der Waals surface area contributed by atoms with Gasteiger partial charge in [-0.25, -0.2) is 13.4 Å². The number of rotatable bonds is 5. The molecule has 9 heteroatoms. The topological polar surface area (TPSA) is 70.6 Å². The van der Waals surface area contributed by atoms with Gasteiger partial charge in [-0.15, -0.1) is 11.3 Å². The summed E-state index contributed by atoms with van der Waals surface area (Å²) in [7, 11) is -3.61. The van der Waals surface area contributed by atoms with Gasteiger partial charge >= 0.3 is 0 Å². The largest absolute Gasteiger partial charge is 0.335 e. The smallest absolute Gasteiger partial charge is 0.265 e. The second-order valence-electron chi connectivity index (χ2n) is 7.27. The van der Waals surface area contributed by atoms with Crippen molar-refractivity contribution in [3.63, 3.8) is 0 Å². The molecule has 0 N–H and O–H groups in total. The summed E-state index contributed by atoms with van der Waals surface area (Å²) in [5, 5.41) is 1.35. The first-order valence-electron chi connectivity index (χ1n) is 9.19. The molecular formula is C19H24ClN3O3S2. The minimum atomic E-state index is -3.61. The Morgan fingerprint density at radius 3 is 2.54 bits per heavy atom. The van der Waals surface area contributed by atoms with Crippen molar-refractivity contribution in [1.29, 1.82) is 0 Å². The van der Waals surface area contributed by atoms with Crippen molar-refractivity contribution in [3.8, 4) is 0 Å². The van der Waals surface area contributed by atoms with Crippen LogP contribution in [0.15, 0.2) is 29.2 Å². The molecule has 2 heterocycles. The van der Waals surface area contributed by atoms with Crippen LogP contribution in [0.3, 0.4) is 0 Å². The molecule has 0 atom stereocenters. The van der Waals surface area contributed by atoms with Crippen LogP contribution >= 0.6 is 22.9 Å². The van der Waals surface area contributed by atoms with Crippen LogP contribution in [0.2, 0.25) is 5.02 Å². The van der Waals surface area contributed by atoms with Gasteiger partial charge in [0, 0.05) is 37.6 Å². The van der Waals surface area contributed by atoms with E-state index in [2.05, 4.69) is 18.8 Å². The monoisotopic (exact) mass is 441 g/mol. The number of carbonyl (C=O) groups excluding carboxylic acids is 1. The molecule has 1 fully saturated rings. The number of hydrogen-bond acceptors (Lipinski definition) is 5. The maximum Gasteiger partial charge on any atom is 0.265 e. The van der Waals surface area contributed by atoms with E-state index >= 15 is 0 Å². The molecule has 1 aromatic carbocycles. The molecule has 1 aliphatic heterocycles. The highest BCUT2D eigenvalue weighted by atomic mass is 35.5. The zero-order chi connectivity index (χ0) is 20.5. The number of aryl methyl sites for hydroxylation is 1. The van der Waals surface area contributed by atoms with E-state index in [1.54, 1.807) is 17.0 Å². The molecule has 0 bridgehead atoms. The van der Waals surface area contributed by atoms with E-state index in [0.717, 1.165) is 17.1 Å². The fourth-order valence-electron chi connectivity index (χ4n) is 3.14. The van der Waals surface area contributed by atoms with Gasteiger partial charge in [0.2, 0.25) is 10.0 Å². The molecule has 0 spiro atoms. The number of carbonyl (C=O) groups is 1. The summed E-state index contributed by atoms with van der Waals surface area (Å²) in [5.74, 6) is 0.415. The normalized spacial score (nSPS) is 16.0. The van der Waals surface area contributed by atoms with E-state index in [0.29, 0.717) is 28.9 Å². The van der Waals surface area contributed by atoms with Gasteiger partial charge in [-0.3, -0.25) is 4.79 Å². The predicted octanol–water partition coefficient (Wildman–Crippen LogP) is 3.45. The molecule has 1 aliphatic rings. The lowest BCUT2D eigenvalue weighted by Gasteiger charge is -2.33. The molecule has 28 heavy (non-hydrogen) atoms. The van der Waals surface area contributed by atoms with Gasteiger partial charge in [-0.05, 0) is 31.0 Å². The number of piperazine rings is 1. The van der Waals surface area contributed by atoms with Crippen molar-refractivity contribution in [2.75, 3.05) is 26.2 Å². The quantitative estimate of drug-likeness (QED) is 0.712. The van der Waals surface area contributed by atoms with Gasteiger partial charge in [0.05, 0.1) is 15.6 Å². The van der Waals surface area contributed by atoms with Gasteiger partial charge in [0.15, 0.2) is 0 Å². The Bertz CT molecular complexity index is 965. The second-order valence-corrected chi connectivity index (χ2v) is 10.7. The zero-order valence-electron chi connectivity index (χ0n) is 16.2. The minimum Gasteiger partial charge on any atom is -0.335 e. The van der Waals surface area contributed by atoms with Crippen LogP contribution in [-0.2, 0) is 16.4 Å². The number of thiazole rings is 1. The van der Waals surface area contributed by atoms with Crippen molar-refractivity contribution < 1.29 is 13.2 Å². The van der Waals surface area contributed by atoms with Crippen molar-refractivity contribution in [3.05, 3.63) is 44.9 Å². The summed E-state index contributed by atoms with van der Waals surface area (Å²) >= 11 is 7.38. The van der Waals surface area contributed by atoms with Crippen LogP contribution in [-0.4, -0.2) is 54.7 Å². The van der Waals surface area contributed by atoms with E-state index < -0.39 is 10.0 Å². The molecule has 1 amide bonds. The van der Waals surface area contributed by atoms with Crippen molar-refractivity contribution in [1.82, 2.24) is 14.2 Å². The maximum absolute atomic E-state index is 12.9. The summed E-state index contributed by atoms with van der Waals surface area (Å²) in [6, 6.07) is 6.25. The Hall–Kier alpha value is -1.48. The SMILES string of the molecule is Cc1nc(CC(C)C)sc1C(=O)N1CCN(S(=O)(=O)c2cccc(Cl)c2)CC1. The first-order valence-corrected chi connectivity index (χ1v) is 11.8. The number of benzene rings is 1. The molecule has 0 radical (unpaired) electrons.